The molecule has 1 N–H and O–H groups in total. The molecule has 0 bridgehead atoms. The van der Waals surface area contributed by atoms with Crippen LogP contribution in [-0.4, -0.2) is 43.8 Å². The maximum Gasteiger partial charge on any atom is 0.0477 e. The number of hydrogen-bond acceptors (Lipinski definition) is 3. The molecule has 1 aliphatic heterocycles. The summed E-state index contributed by atoms with van der Waals surface area (Å²) in [5.74, 6) is 0. The first-order valence-corrected chi connectivity index (χ1v) is 7.96. The van der Waals surface area contributed by atoms with Crippen LogP contribution in [0.25, 0.3) is 0 Å². The third kappa shape index (κ3) is 5.61. The lowest BCUT2D eigenvalue weighted by Crippen LogP contribution is -2.45. The molecule has 1 aromatic carbocycles. The maximum atomic E-state index is 5.37. The Morgan fingerprint density at radius 2 is 2.15 bits per heavy atom. The van der Waals surface area contributed by atoms with Crippen molar-refractivity contribution in [2.45, 2.75) is 38.8 Å². The lowest BCUT2D eigenvalue weighted by atomic mass is 10.0. The van der Waals surface area contributed by atoms with Gasteiger partial charge < -0.3 is 10.1 Å². The quantitative estimate of drug-likeness (QED) is 0.739. The zero-order valence-corrected chi connectivity index (χ0v) is 12.7. The Bertz CT molecular complexity index is 355. The molecule has 20 heavy (non-hydrogen) atoms. The molecule has 1 aromatic rings. The van der Waals surface area contributed by atoms with E-state index in [9.17, 15) is 0 Å². The first-order chi connectivity index (χ1) is 9.88. The Labute approximate surface area is 123 Å². The number of nitrogens with zero attached hydrogens (tertiary/aromatic N) is 1. The molecule has 112 valence electrons. The van der Waals surface area contributed by atoms with Crippen molar-refractivity contribution in [1.29, 1.82) is 0 Å². The molecule has 1 fully saturated rings. The van der Waals surface area contributed by atoms with Gasteiger partial charge in [0, 0.05) is 32.3 Å². The van der Waals surface area contributed by atoms with Gasteiger partial charge in [-0.2, -0.15) is 0 Å². The Kier molecular flexibility index (Phi) is 7.06. The molecular weight excluding hydrogens is 248 g/mol. The van der Waals surface area contributed by atoms with E-state index in [1.54, 1.807) is 0 Å². The van der Waals surface area contributed by atoms with Gasteiger partial charge in [-0.25, -0.2) is 0 Å². The van der Waals surface area contributed by atoms with Gasteiger partial charge in [0.1, 0.15) is 0 Å². The molecule has 1 unspecified atom stereocenters. The first-order valence-electron chi connectivity index (χ1n) is 7.96. The number of rotatable bonds is 8. The predicted octanol–water partition coefficient (Wildman–Crippen LogP) is 2.67. The molecule has 0 aromatic heterocycles. The van der Waals surface area contributed by atoms with Crippen LogP contribution in [0.4, 0.5) is 0 Å². The van der Waals surface area contributed by atoms with Crippen molar-refractivity contribution < 1.29 is 4.74 Å². The molecule has 3 heteroatoms. The van der Waals surface area contributed by atoms with Gasteiger partial charge in [-0.3, -0.25) is 4.90 Å². The molecule has 2 rings (SSSR count). The third-order valence-corrected chi connectivity index (χ3v) is 3.86. The zero-order valence-electron chi connectivity index (χ0n) is 12.7. The largest absolute Gasteiger partial charge is 0.382 e. The number of ether oxygens (including phenoxy) is 1. The van der Waals surface area contributed by atoms with Crippen molar-refractivity contribution in [3.63, 3.8) is 0 Å². The van der Waals surface area contributed by atoms with E-state index in [2.05, 4.69) is 47.5 Å². The van der Waals surface area contributed by atoms with E-state index in [-0.39, 0.29) is 0 Å². The van der Waals surface area contributed by atoms with Crippen LogP contribution in [0, 0.1) is 0 Å². The van der Waals surface area contributed by atoms with Gasteiger partial charge in [0.2, 0.25) is 0 Å². The summed E-state index contributed by atoms with van der Waals surface area (Å²) in [4.78, 5) is 2.57. The Balaban J connectivity index is 1.66. The van der Waals surface area contributed by atoms with Crippen LogP contribution < -0.4 is 5.32 Å². The summed E-state index contributed by atoms with van der Waals surface area (Å²) in [5, 5.41) is 3.67. The smallest absolute Gasteiger partial charge is 0.0477 e. The lowest BCUT2D eigenvalue weighted by molar-refractivity contribution is 0.140. The fourth-order valence-electron chi connectivity index (χ4n) is 2.83. The van der Waals surface area contributed by atoms with Crippen molar-refractivity contribution in [1.82, 2.24) is 10.2 Å². The van der Waals surface area contributed by atoms with Crippen LogP contribution >= 0.6 is 0 Å². The molecular formula is C17H28N2O. The summed E-state index contributed by atoms with van der Waals surface area (Å²) in [6.45, 7) is 8.31. The van der Waals surface area contributed by atoms with E-state index in [0.29, 0.717) is 6.04 Å². The highest BCUT2D eigenvalue weighted by Gasteiger charge is 2.19. The van der Waals surface area contributed by atoms with Crippen molar-refractivity contribution >= 4 is 0 Å². The van der Waals surface area contributed by atoms with Crippen molar-refractivity contribution in [2.24, 2.45) is 0 Å². The zero-order chi connectivity index (χ0) is 14.0. The number of likely N-dealkylation sites (tertiary alicyclic amines) is 1. The van der Waals surface area contributed by atoms with E-state index in [0.717, 1.165) is 32.7 Å². The van der Waals surface area contributed by atoms with Crippen molar-refractivity contribution in [2.75, 3.05) is 32.8 Å². The van der Waals surface area contributed by atoms with Crippen molar-refractivity contribution in [3.05, 3.63) is 35.9 Å². The van der Waals surface area contributed by atoms with Gasteiger partial charge in [-0.1, -0.05) is 30.3 Å². The second kappa shape index (κ2) is 9.11. The number of benzene rings is 1. The minimum Gasteiger partial charge on any atom is -0.382 e. The van der Waals surface area contributed by atoms with E-state index < -0.39 is 0 Å². The summed E-state index contributed by atoms with van der Waals surface area (Å²) < 4.78 is 5.37. The van der Waals surface area contributed by atoms with Gasteiger partial charge in [-0.15, -0.1) is 0 Å². The summed E-state index contributed by atoms with van der Waals surface area (Å²) in [6.07, 6.45) is 3.72. The maximum absolute atomic E-state index is 5.37. The van der Waals surface area contributed by atoms with Gasteiger partial charge in [0.25, 0.3) is 0 Å². The van der Waals surface area contributed by atoms with Gasteiger partial charge in [-0.05, 0) is 44.8 Å². The summed E-state index contributed by atoms with van der Waals surface area (Å²) in [5.41, 5.74) is 1.42. The van der Waals surface area contributed by atoms with E-state index in [1.165, 1.54) is 31.5 Å². The fourth-order valence-corrected chi connectivity index (χ4v) is 2.83. The highest BCUT2D eigenvalue weighted by Crippen LogP contribution is 2.13. The summed E-state index contributed by atoms with van der Waals surface area (Å²) in [7, 11) is 0. The monoisotopic (exact) mass is 276 g/mol. The van der Waals surface area contributed by atoms with Crippen LogP contribution in [0.15, 0.2) is 30.3 Å². The Hall–Kier alpha value is -0.900. The van der Waals surface area contributed by atoms with Crippen LogP contribution in [-0.2, 0) is 11.3 Å². The topological polar surface area (TPSA) is 24.5 Å². The number of piperidine rings is 1. The number of hydrogen-bond donors (Lipinski definition) is 1. The van der Waals surface area contributed by atoms with Gasteiger partial charge in [0.15, 0.2) is 0 Å². The SMILES string of the molecule is CCOCCCNC1CCCN(Cc2ccccc2)C1. The minimum absolute atomic E-state index is 0.647. The second-order valence-electron chi connectivity index (χ2n) is 5.56. The molecule has 3 nitrogen and oxygen atoms in total. The highest BCUT2D eigenvalue weighted by atomic mass is 16.5. The van der Waals surface area contributed by atoms with Gasteiger partial charge in [0.05, 0.1) is 0 Å². The highest BCUT2D eigenvalue weighted by molar-refractivity contribution is 5.14. The standard InChI is InChI=1S/C17H28N2O/c1-2-20-13-7-11-18-17-10-6-12-19(15-17)14-16-8-4-3-5-9-16/h3-5,8-9,17-18H,2,6-7,10-15H2,1H3. The number of nitrogens with one attached hydrogen (secondary N) is 1. The fraction of sp³-hybridized carbons (Fsp3) is 0.647. The van der Waals surface area contributed by atoms with E-state index >= 15 is 0 Å². The van der Waals surface area contributed by atoms with Crippen LogP contribution in [0.2, 0.25) is 0 Å². The van der Waals surface area contributed by atoms with Crippen LogP contribution in [0.5, 0.6) is 0 Å². The molecule has 1 saturated heterocycles. The second-order valence-corrected chi connectivity index (χ2v) is 5.56. The van der Waals surface area contributed by atoms with Crippen LogP contribution in [0.1, 0.15) is 31.7 Å². The van der Waals surface area contributed by atoms with Crippen LogP contribution in [0.3, 0.4) is 0 Å². The van der Waals surface area contributed by atoms with E-state index in [1.807, 2.05) is 0 Å². The summed E-state index contributed by atoms with van der Waals surface area (Å²) >= 11 is 0. The third-order valence-electron chi connectivity index (χ3n) is 3.86. The molecule has 0 radical (unpaired) electrons. The van der Waals surface area contributed by atoms with Crippen molar-refractivity contribution in [3.8, 4) is 0 Å². The average Bonchev–Trinajstić information content (AvgIpc) is 2.48. The summed E-state index contributed by atoms with van der Waals surface area (Å²) in [6, 6.07) is 11.4. The molecule has 0 saturated carbocycles. The van der Waals surface area contributed by atoms with Gasteiger partial charge >= 0.3 is 0 Å². The minimum atomic E-state index is 0.647. The molecule has 0 spiro atoms. The Morgan fingerprint density at radius 3 is 2.95 bits per heavy atom. The Morgan fingerprint density at radius 1 is 1.30 bits per heavy atom. The molecule has 0 aliphatic carbocycles. The average molecular weight is 276 g/mol. The molecule has 1 atom stereocenters. The lowest BCUT2D eigenvalue weighted by Gasteiger charge is -2.33. The molecule has 0 amide bonds. The molecule has 1 aliphatic rings. The molecule has 1 heterocycles. The first kappa shape index (κ1) is 15.5. The van der Waals surface area contributed by atoms with E-state index in [4.69, 9.17) is 4.74 Å². The predicted molar refractivity (Wildman–Crippen MR) is 83.9 cm³/mol. The normalized spacial score (nSPS) is 20.1.